The highest BCUT2D eigenvalue weighted by molar-refractivity contribution is 14.1. The van der Waals surface area contributed by atoms with Gasteiger partial charge in [0.05, 0.1) is 27.4 Å². The number of hydrogen-bond acceptors (Lipinski definition) is 5. The molecule has 1 aliphatic heterocycles. The first kappa shape index (κ1) is 19.9. The first-order chi connectivity index (χ1) is 12.7. The van der Waals surface area contributed by atoms with Crippen LogP contribution in [0.2, 0.25) is 0 Å². The third-order valence-electron chi connectivity index (χ3n) is 5.31. The van der Waals surface area contributed by atoms with Crippen LogP contribution in [0.4, 0.5) is 0 Å². The summed E-state index contributed by atoms with van der Waals surface area (Å²) in [6, 6.07) is 4.06. The molecule has 1 saturated carbocycles. The number of ether oxygens (including phenoxy) is 4. The Morgan fingerprint density at radius 3 is 2.65 bits per heavy atom. The van der Waals surface area contributed by atoms with E-state index in [0.29, 0.717) is 5.92 Å². The van der Waals surface area contributed by atoms with Gasteiger partial charge in [-0.05, 0) is 72.2 Å². The molecule has 1 aromatic carbocycles. The number of nitrogens with zero attached hydrogens (tertiary/aromatic N) is 1. The number of halogens is 1. The Labute approximate surface area is 169 Å². The predicted octanol–water partition coefficient (Wildman–Crippen LogP) is 4.25. The van der Waals surface area contributed by atoms with Crippen LogP contribution >= 0.6 is 22.6 Å². The van der Waals surface area contributed by atoms with Gasteiger partial charge in [-0.2, -0.15) is 0 Å². The molecular formula is C20H28INO4. The second kappa shape index (κ2) is 9.37. The summed E-state index contributed by atoms with van der Waals surface area (Å²) in [7, 11) is 3.33. The van der Waals surface area contributed by atoms with Crippen molar-refractivity contribution in [2.24, 2.45) is 10.9 Å². The van der Waals surface area contributed by atoms with Crippen molar-refractivity contribution in [2.75, 3.05) is 34.0 Å². The Morgan fingerprint density at radius 1 is 1.19 bits per heavy atom. The van der Waals surface area contributed by atoms with E-state index in [1.807, 2.05) is 12.1 Å². The predicted molar refractivity (Wildman–Crippen MR) is 111 cm³/mol. The van der Waals surface area contributed by atoms with Gasteiger partial charge >= 0.3 is 0 Å². The van der Waals surface area contributed by atoms with Gasteiger partial charge in [0.25, 0.3) is 0 Å². The van der Waals surface area contributed by atoms with E-state index in [2.05, 4.69) is 33.8 Å². The molecule has 6 heteroatoms. The first-order valence-corrected chi connectivity index (χ1v) is 10.4. The summed E-state index contributed by atoms with van der Waals surface area (Å²) < 4.78 is 23.9. The van der Waals surface area contributed by atoms with Gasteiger partial charge in [-0.3, -0.25) is 4.99 Å². The highest BCUT2D eigenvalue weighted by atomic mass is 127. The number of rotatable bonds is 7. The third-order valence-corrected chi connectivity index (χ3v) is 6.31. The minimum absolute atomic E-state index is 0.330. The Balaban J connectivity index is 1.53. The molecule has 0 N–H and O–H groups in total. The second-order valence-corrected chi connectivity index (χ2v) is 7.99. The zero-order chi connectivity index (χ0) is 18.4. The van der Waals surface area contributed by atoms with Crippen molar-refractivity contribution in [3.05, 3.63) is 21.3 Å². The maximum atomic E-state index is 5.97. The summed E-state index contributed by atoms with van der Waals surface area (Å²) in [5.41, 5.74) is 1.23. The van der Waals surface area contributed by atoms with E-state index in [-0.39, 0.29) is 5.79 Å². The molecule has 144 valence electrons. The summed E-state index contributed by atoms with van der Waals surface area (Å²) in [5.74, 6) is 1.64. The molecule has 1 heterocycles. The lowest BCUT2D eigenvalue weighted by molar-refractivity contribution is -0.210. The van der Waals surface area contributed by atoms with Crippen molar-refractivity contribution in [2.45, 2.75) is 44.3 Å². The number of benzene rings is 1. The molecule has 26 heavy (non-hydrogen) atoms. The van der Waals surface area contributed by atoms with Crippen LogP contribution in [0.15, 0.2) is 17.1 Å². The molecule has 3 rings (SSSR count). The van der Waals surface area contributed by atoms with Crippen LogP contribution in [0, 0.1) is 9.49 Å². The van der Waals surface area contributed by atoms with Crippen LogP contribution in [0.3, 0.4) is 0 Å². The fourth-order valence-electron chi connectivity index (χ4n) is 3.90. The lowest BCUT2D eigenvalue weighted by atomic mass is 9.81. The van der Waals surface area contributed by atoms with Gasteiger partial charge in [0, 0.05) is 22.5 Å². The first-order valence-electron chi connectivity index (χ1n) is 9.35. The average Bonchev–Trinajstić information content (AvgIpc) is 3.12. The van der Waals surface area contributed by atoms with E-state index in [0.717, 1.165) is 50.5 Å². The fourth-order valence-corrected chi connectivity index (χ4v) is 4.61. The Kier molecular flexibility index (Phi) is 7.17. The van der Waals surface area contributed by atoms with Crippen molar-refractivity contribution < 1.29 is 18.9 Å². The van der Waals surface area contributed by atoms with Gasteiger partial charge in [-0.1, -0.05) is 6.42 Å². The topological polar surface area (TPSA) is 49.3 Å². The summed E-state index contributed by atoms with van der Waals surface area (Å²) in [6.45, 7) is 2.23. The maximum Gasteiger partial charge on any atom is 0.171 e. The Morgan fingerprint density at radius 2 is 1.92 bits per heavy atom. The molecule has 1 spiro atoms. The molecule has 1 unspecified atom stereocenters. The molecule has 1 aromatic rings. The molecule has 0 amide bonds. The average molecular weight is 473 g/mol. The van der Waals surface area contributed by atoms with Crippen molar-refractivity contribution >= 4 is 28.8 Å². The highest BCUT2D eigenvalue weighted by Crippen LogP contribution is 2.41. The van der Waals surface area contributed by atoms with Crippen molar-refractivity contribution in [3.63, 3.8) is 0 Å². The quantitative estimate of drug-likeness (QED) is 0.439. The molecule has 1 saturated heterocycles. The van der Waals surface area contributed by atoms with Gasteiger partial charge in [-0.15, -0.1) is 0 Å². The highest BCUT2D eigenvalue weighted by Gasteiger charge is 2.45. The van der Waals surface area contributed by atoms with E-state index in [1.165, 1.54) is 28.4 Å². The number of methoxy groups -OCH3 is 2. The SMILES string of the molecule is COc1cc(I)c(CCN=CCC2CCCCC23OCCO3)cc1OC. The van der Waals surface area contributed by atoms with E-state index in [1.54, 1.807) is 14.2 Å². The van der Waals surface area contributed by atoms with Gasteiger partial charge in [0.15, 0.2) is 17.3 Å². The van der Waals surface area contributed by atoms with Crippen molar-refractivity contribution in [1.29, 1.82) is 0 Å². The van der Waals surface area contributed by atoms with Gasteiger partial charge in [-0.25, -0.2) is 0 Å². The lowest BCUT2D eigenvalue weighted by Crippen LogP contribution is -2.42. The van der Waals surface area contributed by atoms with E-state index < -0.39 is 0 Å². The molecule has 1 atom stereocenters. The van der Waals surface area contributed by atoms with Crippen LogP contribution in [0.25, 0.3) is 0 Å². The van der Waals surface area contributed by atoms with Crippen LogP contribution in [-0.2, 0) is 15.9 Å². The smallest absolute Gasteiger partial charge is 0.171 e. The zero-order valence-corrected chi connectivity index (χ0v) is 17.8. The van der Waals surface area contributed by atoms with Gasteiger partial charge in [0.1, 0.15) is 0 Å². The molecule has 2 fully saturated rings. The second-order valence-electron chi connectivity index (χ2n) is 6.82. The van der Waals surface area contributed by atoms with Crippen LogP contribution in [0.5, 0.6) is 11.5 Å². The largest absolute Gasteiger partial charge is 0.493 e. The summed E-state index contributed by atoms with van der Waals surface area (Å²) in [5, 5.41) is 0. The van der Waals surface area contributed by atoms with Crippen LogP contribution in [0.1, 0.15) is 37.7 Å². The molecule has 5 nitrogen and oxygen atoms in total. The monoisotopic (exact) mass is 473 g/mol. The molecule has 0 aromatic heterocycles. The minimum atomic E-state index is -0.330. The fraction of sp³-hybridized carbons (Fsp3) is 0.650. The number of hydrogen-bond donors (Lipinski definition) is 0. The number of aliphatic imine (C=N–C) groups is 1. The summed E-state index contributed by atoms with van der Waals surface area (Å²) in [4.78, 5) is 4.64. The normalized spacial score (nSPS) is 22.2. The standard InChI is InChI=1S/C20H28INO4/c1-23-18-13-15(17(21)14-19(18)24-2)6-9-22-10-7-16-5-3-4-8-20(16)25-11-12-26-20/h10,13-14,16H,3-9,11-12H2,1-2H3. The van der Waals surface area contributed by atoms with E-state index >= 15 is 0 Å². The van der Waals surface area contributed by atoms with Crippen LogP contribution < -0.4 is 9.47 Å². The summed E-state index contributed by atoms with van der Waals surface area (Å²) >= 11 is 2.34. The third kappa shape index (κ3) is 4.51. The minimum Gasteiger partial charge on any atom is -0.493 e. The Hall–Kier alpha value is -0.860. The lowest BCUT2D eigenvalue weighted by Gasteiger charge is -2.38. The molecule has 1 aliphatic carbocycles. The molecular weight excluding hydrogens is 445 g/mol. The van der Waals surface area contributed by atoms with E-state index in [4.69, 9.17) is 18.9 Å². The molecule has 0 radical (unpaired) electrons. The molecule has 0 bridgehead atoms. The maximum absolute atomic E-state index is 5.97. The van der Waals surface area contributed by atoms with Crippen molar-refractivity contribution in [1.82, 2.24) is 0 Å². The zero-order valence-electron chi connectivity index (χ0n) is 15.6. The molecule has 2 aliphatic rings. The summed E-state index contributed by atoms with van der Waals surface area (Å²) in [6.07, 6.45) is 8.54. The Bertz CT molecular complexity index is 628. The van der Waals surface area contributed by atoms with Crippen LogP contribution in [-0.4, -0.2) is 46.0 Å². The van der Waals surface area contributed by atoms with Gasteiger partial charge < -0.3 is 18.9 Å². The van der Waals surface area contributed by atoms with E-state index in [9.17, 15) is 0 Å². The van der Waals surface area contributed by atoms with Gasteiger partial charge in [0.2, 0.25) is 0 Å². The van der Waals surface area contributed by atoms with Crippen molar-refractivity contribution in [3.8, 4) is 11.5 Å².